The maximum atomic E-state index is 9.19. The summed E-state index contributed by atoms with van der Waals surface area (Å²) in [4.78, 5) is 11.7. The van der Waals surface area contributed by atoms with Crippen molar-refractivity contribution in [3.8, 4) is 6.07 Å². The zero-order valence-corrected chi connectivity index (χ0v) is 16.9. The second kappa shape index (κ2) is 8.11. The number of benzene rings is 2. The number of anilines is 4. The first-order chi connectivity index (χ1) is 14.1. The number of hydrogen-bond acceptors (Lipinski definition) is 7. The van der Waals surface area contributed by atoms with Crippen LogP contribution in [0.3, 0.4) is 0 Å². The Kier molecular flexibility index (Phi) is 5.38. The van der Waals surface area contributed by atoms with E-state index in [1.165, 1.54) is 0 Å². The molecule has 1 aliphatic rings. The van der Waals surface area contributed by atoms with E-state index >= 15 is 0 Å². The Labute approximate surface area is 174 Å². The van der Waals surface area contributed by atoms with Crippen LogP contribution in [-0.2, 0) is 0 Å². The largest absolute Gasteiger partial charge is 0.399 e. The zero-order chi connectivity index (χ0) is 20.4. The summed E-state index contributed by atoms with van der Waals surface area (Å²) >= 11 is 6.21. The van der Waals surface area contributed by atoms with Crippen molar-refractivity contribution in [1.82, 2.24) is 15.3 Å². The molecule has 1 fully saturated rings. The number of nitrogens with one attached hydrogen (secondary N) is 2. The molecular formula is C21H22ClN7. The van der Waals surface area contributed by atoms with Gasteiger partial charge in [-0.2, -0.15) is 10.2 Å². The van der Waals surface area contributed by atoms with Gasteiger partial charge in [0.2, 0.25) is 5.95 Å². The molecule has 1 unspecified atom stereocenters. The van der Waals surface area contributed by atoms with Crippen LogP contribution in [-0.4, -0.2) is 35.6 Å². The Bertz CT molecular complexity index is 1090. The van der Waals surface area contributed by atoms with Gasteiger partial charge in [-0.3, -0.25) is 0 Å². The van der Waals surface area contributed by atoms with Crippen molar-refractivity contribution in [3.05, 3.63) is 47.0 Å². The predicted molar refractivity (Wildman–Crippen MR) is 118 cm³/mol. The number of aromatic nitrogens is 2. The number of nitrogens with zero attached hydrogens (tertiary/aromatic N) is 4. The maximum absolute atomic E-state index is 9.19. The van der Waals surface area contributed by atoms with Gasteiger partial charge in [-0.05, 0) is 49.4 Å². The van der Waals surface area contributed by atoms with Crippen LogP contribution in [0, 0.1) is 11.3 Å². The summed E-state index contributed by atoms with van der Waals surface area (Å²) in [6, 6.07) is 13.3. The maximum Gasteiger partial charge on any atom is 0.229 e. The van der Waals surface area contributed by atoms with Gasteiger partial charge in [0.25, 0.3) is 0 Å². The number of nitrogens with two attached hydrogens (primary N) is 1. The number of nitriles is 1. The SMILES string of the molecule is CCNC1CCN(c2nc(Nc3cc(N)cc(C#N)c3)nc3cc(Cl)ccc23)C1. The molecule has 0 amide bonds. The fourth-order valence-corrected chi connectivity index (χ4v) is 3.87. The minimum Gasteiger partial charge on any atom is -0.399 e. The molecule has 148 valence electrons. The molecule has 0 aliphatic carbocycles. The van der Waals surface area contributed by atoms with Crippen molar-refractivity contribution in [1.29, 1.82) is 5.26 Å². The number of halogens is 1. The molecule has 0 bridgehead atoms. The molecule has 1 aliphatic heterocycles. The summed E-state index contributed by atoms with van der Waals surface area (Å²) < 4.78 is 0. The highest BCUT2D eigenvalue weighted by Gasteiger charge is 2.25. The van der Waals surface area contributed by atoms with Gasteiger partial charge in [0.05, 0.1) is 17.1 Å². The number of nitrogen functional groups attached to an aromatic ring is 1. The molecule has 3 aromatic rings. The molecule has 1 atom stereocenters. The van der Waals surface area contributed by atoms with Gasteiger partial charge < -0.3 is 21.3 Å². The average molecular weight is 408 g/mol. The van der Waals surface area contributed by atoms with Gasteiger partial charge in [0, 0.05) is 40.9 Å². The monoisotopic (exact) mass is 407 g/mol. The summed E-state index contributed by atoms with van der Waals surface area (Å²) in [5.74, 6) is 1.31. The third-order valence-electron chi connectivity index (χ3n) is 4.96. The molecule has 0 spiro atoms. The topological polar surface area (TPSA) is 103 Å². The van der Waals surface area contributed by atoms with Crippen molar-refractivity contribution in [2.24, 2.45) is 0 Å². The van der Waals surface area contributed by atoms with E-state index in [0.717, 1.165) is 42.8 Å². The fraction of sp³-hybridized carbons (Fsp3) is 0.286. The molecule has 4 N–H and O–H groups in total. The number of fused-ring (bicyclic) bond motifs is 1. The fourth-order valence-electron chi connectivity index (χ4n) is 3.71. The first kappa shape index (κ1) is 19.2. The Hall–Kier alpha value is -3.08. The molecule has 0 saturated carbocycles. The summed E-state index contributed by atoms with van der Waals surface area (Å²) in [7, 11) is 0. The smallest absolute Gasteiger partial charge is 0.229 e. The van der Waals surface area contributed by atoms with Crippen molar-refractivity contribution in [2.45, 2.75) is 19.4 Å². The van der Waals surface area contributed by atoms with Crippen LogP contribution in [0.15, 0.2) is 36.4 Å². The number of rotatable bonds is 5. The number of likely N-dealkylation sites (N-methyl/N-ethyl adjacent to an activating group) is 1. The second-order valence-electron chi connectivity index (χ2n) is 7.10. The van der Waals surface area contributed by atoms with Gasteiger partial charge in [-0.1, -0.05) is 18.5 Å². The van der Waals surface area contributed by atoms with E-state index in [1.807, 2.05) is 18.2 Å². The van der Waals surface area contributed by atoms with E-state index in [9.17, 15) is 5.26 Å². The van der Waals surface area contributed by atoms with Crippen LogP contribution in [0.2, 0.25) is 5.02 Å². The van der Waals surface area contributed by atoms with E-state index in [1.54, 1.807) is 18.2 Å². The molecule has 2 heterocycles. The molecule has 1 aromatic heterocycles. The van der Waals surface area contributed by atoms with E-state index in [0.29, 0.717) is 34.0 Å². The summed E-state index contributed by atoms with van der Waals surface area (Å²) in [5, 5.41) is 17.5. The Morgan fingerprint density at radius 3 is 2.93 bits per heavy atom. The highest BCUT2D eigenvalue weighted by molar-refractivity contribution is 6.31. The molecule has 29 heavy (non-hydrogen) atoms. The van der Waals surface area contributed by atoms with Crippen LogP contribution in [0.5, 0.6) is 0 Å². The van der Waals surface area contributed by atoms with Gasteiger partial charge in [-0.15, -0.1) is 0 Å². The van der Waals surface area contributed by atoms with Gasteiger partial charge >= 0.3 is 0 Å². The molecule has 1 saturated heterocycles. The van der Waals surface area contributed by atoms with Gasteiger partial charge in [0.1, 0.15) is 5.82 Å². The summed E-state index contributed by atoms with van der Waals surface area (Å²) in [6.45, 7) is 4.87. The van der Waals surface area contributed by atoms with Gasteiger partial charge in [0.15, 0.2) is 0 Å². The van der Waals surface area contributed by atoms with E-state index < -0.39 is 0 Å². The number of hydrogen-bond donors (Lipinski definition) is 3. The summed E-state index contributed by atoms with van der Waals surface area (Å²) in [5.41, 5.74) is 8.32. The predicted octanol–water partition coefficient (Wildman–Crippen LogP) is 3.67. The molecule has 8 heteroatoms. The molecule has 4 rings (SSSR count). The molecule has 7 nitrogen and oxygen atoms in total. The highest BCUT2D eigenvalue weighted by Crippen LogP contribution is 2.31. The van der Waals surface area contributed by atoms with Crippen LogP contribution in [0.1, 0.15) is 18.9 Å². The lowest BCUT2D eigenvalue weighted by atomic mass is 10.2. The third kappa shape index (κ3) is 4.19. The minimum absolute atomic E-state index is 0.441. The molecular weight excluding hydrogens is 386 g/mol. The van der Waals surface area contributed by atoms with Gasteiger partial charge in [-0.25, -0.2) is 4.98 Å². The van der Waals surface area contributed by atoms with Crippen molar-refractivity contribution >= 4 is 45.6 Å². The Morgan fingerprint density at radius 2 is 2.14 bits per heavy atom. The second-order valence-corrected chi connectivity index (χ2v) is 7.54. The Balaban J connectivity index is 1.74. The zero-order valence-electron chi connectivity index (χ0n) is 16.1. The minimum atomic E-state index is 0.441. The third-order valence-corrected chi connectivity index (χ3v) is 5.20. The van der Waals surface area contributed by atoms with Crippen molar-refractivity contribution < 1.29 is 0 Å². The van der Waals surface area contributed by atoms with Crippen LogP contribution in [0.4, 0.5) is 23.1 Å². The highest BCUT2D eigenvalue weighted by atomic mass is 35.5. The lowest BCUT2D eigenvalue weighted by Gasteiger charge is -2.21. The first-order valence-corrected chi connectivity index (χ1v) is 9.97. The quantitative estimate of drug-likeness (QED) is 0.554. The lowest BCUT2D eigenvalue weighted by molar-refractivity contribution is 0.571. The Morgan fingerprint density at radius 1 is 1.28 bits per heavy atom. The normalized spacial score (nSPS) is 16.2. The van der Waals surface area contributed by atoms with Crippen LogP contribution < -0.4 is 21.3 Å². The first-order valence-electron chi connectivity index (χ1n) is 9.59. The van der Waals surface area contributed by atoms with Crippen LogP contribution in [0.25, 0.3) is 10.9 Å². The van der Waals surface area contributed by atoms with Crippen LogP contribution >= 0.6 is 11.6 Å². The lowest BCUT2D eigenvalue weighted by Crippen LogP contribution is -2.32. The van der Waals surface area contributed by atoms with E-state index in [-0.39, 0.29) is 0 Å². The molecule has 0 radical (unpaired) electrons. The standard InChI is InChI=1S/C21H22ClN7/c1-2-25-16-5-6-29(12-16)20-18-4-3-14(22)9-19(18)27-21(28-20)26-17-8-13(11-23)7-15(24)10-17/h3-4,7-10,16,25H,2,5-6,12,24H2,1H3,(H,26,27,28). The molecule has 2 aromatic carbocycles. The van der Waals surface area contributed by atoms with Crippen molar-refractivity contribution in [3.63, 3.8) is 0 Å². The van der Waals surface area contributed by atoms with E-state index in [4.69, 9.17) is 22.3 Å². The average Bonchev–Trinajstić information content (AvgIpc) is 3.15. The van der Waals surface area contributed by atoms with Crippen molar-refractivity contribution in [2.75, 3.05) is 35.6 Å². The van der Waals surface area contributed by atoms with E-state index in [2.05, 4.69) is 33.5 Å². The summed E-state index contributed by atoms with van der Waals surface area (Å²) in [6.07, 6.45) is 1.07.